The molecular weight excluding hydrogens is 440 g/mol. The first kappa shape index (κ1) is 24.4. The third-order valence-electron chi connectivity index (χ3n) is 6.69. The Morgan fingerprint density at radius 3 is 1.89 bits per heavy atom. The van der Waals surface area contributed by atoms with E-state index in [4.69, 9.17) is 0 Å². The number of aryl methyl sites for hydroxylation is 1. The SMILES string of the molecule is CCc1ccc([C@@H]2[C@H](C(=O)Nc3ccccc3)C(=O)C[C@](C)(O)[C@@H]2C(=O)Nc2ccccc2)cc1. The van der Waals surface area contributed by atoms with Crippen LogP contribution in [0, 0.1) is 11.8 Å². The minimum atomic E-state index is -1.63. The van der Waals surface area contributed by atoms with Crippen molar-refractivity contribution in [1.29, 1.82) is 0 Å². The zero-order valence-electron chi connectivity index (χ0n) is 19.9. The summed E-state index contributed by atoms with van der Waals surface area (Å²) in [5.41, 5.74) is 1.27. The van der Waals surface area contributed by atoms with Crippen molar-refractivity contribution in [3.63, 3.8) is 0 Å². The lowest BCUT2D eigenvalue weighted by Crippen LogP contribution is -2.56. The van der Waals surface area contributed by atoms with Crippen molar-refractivity contribution < 1.29 is 19.5 Å². The van der Waals surface area contributed by atoms with E-state index in [0.29, 0.717) is 16.9 Å². The zero-order valence-corrected chi connectivity index (χ0v) is 19.9. The molecule has 4 rings (SSSR count). The molecule has 2 amide bonds. The Morgan fingerprint density at radius 1 is 0.857 bits per heavy atom. The van der Waals surface area contributed by atoms with Gasteiger partial charge in [-0.3, -0.25) is 14.4 Å². The molecule has 4 atom stereocenters. The fourth-order valence-electron chi connectivity index (χ4n) is 4.95. The molecule has 3 aromatic carbocycles. The first-order valence-corrected chi connectivity index (χ1v) is 11.9. The zero-order chi connectivity index (χ0) is 25.0. The minimum absolute atomic E-state index is 0.295. The smallest absolute Gasteiger partial charge is 0.235 e. The van der Waals surface area contributed by atoms with Gasteiger partial charge in [-0.25, -0.2) is 0 Å². The standard InChI is InChI=1S/C29H30N2O4/c1-3-19-14-16-20(17-15-19)24-25(27(33)30-21-10-6-4-7-11-21)23(32)18-29(2,35)26(24)28(34)31-22-12-8-5-9-13-22/h4-17,24-26,35H,3,18H2,1-2H3,(H,30,33)(H,31,34)/t24-,25-,26+,29+/m1/s1. The summed E-state index contributed by atoms with van der Waals surface area (Å²) in [6, 6.07) is 25.4. The molecule has 0 unspecified atom stereocenters. The van der Waals surface area contributed by atoms with Crippen molar-refractivity contribution >= 4 is 29.0 Å². The highest BCUT2D eigenvalue weighted by Gasteiger charge is 2.55. The highest BCUT2D eigenvalue weighted by molar-refractivity contribution is 6.10. The van der Waals surface area contributed by atoms with E-state index in [1.165, 1.54) is 6.92 Å². The molecule has 1 fully saturated rings. The van der Waals surface area contributed by atoms with Gasteiger partial charge in [-0.05, 0) is 48.7 Å². The molecule has 0 saturated heterocycles. The maximum Gasteiger partial charge on any atom is 0.235 e. The molecule has 0 spiro atoms. The number of Topliss-reactive ketones (excluding diaryl/α,β-unsaturated/α-hetero) is 1. The van der Waals surface area contributed by atoms with Crippen LogP contribution in [0.1, 0.15) is 37.3 Å². The topological polar surface area (TPSA) is 95.5 Å². The quantitative estimate of drug-likeness (QED) is 0.460. The Balaban J connectivity index is 1.76. The van der Waals surface area contributed by atoms with E-state index >= 15 is 0 Å². The third kappa shape index (κ3) is 5.33. The molecule has 0 aromatic heterocycles. The van der Waals surface area contributed by atoms with E-state index < -0.39 is 41.0 Å². The molecule has 35 heavy (non-hydrogen) atoms. The van der Waals surface area contributed by atoms with Gasteiger partial charge in [0.1, 0.15) is 11.7 Å². The molecule has 1 aliphatic carbocycles. The van der Waals surface area contributed by atoms with Gasteiger partial charge in [-0.15, -0.1) is 0 Å². The molecule has 1 saturated carbocycles. The molecule has 180 valence electrons. The predicted octanol–water partition coefficient (Wildman–Crippen LogP) is 4.57. The summed E-state index contributed by atoms with van der Waals surface area (Å²) >= 11 is 0. The Kier molecular flexibility index (Phi) is 7.12. The van der Waals surface area contributed by atoms with Gasteiger partial charge in [-0.2, -0.15) is 0 Å². The van der Waals surface area contributed by atoms with Crippen LogP contribution in [-0.2, 0) is 20.8 Å². The first-order chi connectivity index (χ1) is 16.8. The number of hydrogen-bond donors (Lipinski definition) is 3. The van der Waals surface area contributed by atoms with Crippen molar-refractivity contribution in [2.24, 2.45) is 11.8 Å². The van der Waals surface area contributed by atoms with Gasteiger partial charge in [0.2, 0.25) is 11.8 Å². The number of anilines is 2. The number of amides is 2. The summed E-state index contributed by atoms with van der Waals surface area (Å²) in [5.74, 6) is -4.32. The average Bonchev–Trinajstić information content (AvgIpc) is 2.84. The number of benzene rings is 3. The number of hydrogen-bond acceptors (Lipinski definition) is 4. The van der Waals surface area contributed by atoms with Crippen LogP contribution in [-0.4, -0.2) is 28.3 Å². The number of nitrogens with one attached hydrogen (secondary N) is 2. The van der Waals surface area contributed by atoms with Crippen LogP contribution in [0.3, 0.4) is 0 Å². The maximum absolute atomic E-state index is 13.6. The lowest BCUT2D eigenvalue weighted by Gasteiger charge is -2.44. The molecular formula is C29H30N2O4. The predicted molar refractivity (Wildman–Crippen MR) is 136 cm³/mol. The number of rotatable bonds is 6. The third-order valence-corrected chi connectivity index (χ3v) is 6.69. The van der Waals surface area contributed by atoms with Gasteiger partial charge < -0.3 is 15.7 Å². The second kappa shape index (κ2) is 10.2. The number of ketones is 1. The van der Waals surface area contributed by atoms with Gasteiger partial charge in [0, 0.05) is 23.7 Å². The minimum Gasteiger partial charge on any atom is -0.389 e. The van der Waals surface area contributed by atoms with Gasteiger partial charge in [-0.1, -0.05) is 67.6 Å². The van der Waals surface area contributed by atoms with Crippen molar-refractivity contribution in [2.75, 3.05) is 10.6 Å². The molecule has 0 aliphatic heterocycles. The molecule has 6 heteroatoms. The summed E-state index contributed by atoms with van der Waals surface area (Å²) < 4.78 is 0. The van der Waals surface area contributed by atoms with Crippen LogP contribution in [0.25, 0.3) is 0 Å². The normalized spacial score (nSPS) is 24.0. The summed E-state index contributed by atoms with van der Waals surface area (Å²) in [7, 11) is 0. The molecule has 6 nitrogen and oxygen atoms in total. The summed E-state index contributed by atoms with van der Waals surface area (Å²) in [5, 5.41) is 17.1. The van der Waals surface area contributed by atoms with E-state index in [2.05, 4.69) is 10.6 Å². The molecule has 0 heterocycles. The lowest BCUT2D eigenvalue weighted by molar-refractivity contribution is -0.150. The molecule has 3 N–H and O–H groups in total. The second-order valence-corrected chi connectivity index (χ2v) is 9.29. The molecule has 3 aromatic rings. The van der Waals surface area contributed by atoms with E-state index in [1.54, 1.807) is 48.5 Å². The summed E-state index contributed by atoms with van der Waals surface area (Å²) in [4.78, 5) is 40.4. The van der Waals surface area contributed by atoms with Crippen LogP contribution >= 0.6 is 0 Å². The first-order valence-electron chi connectivity index (χ1n) is 11.9. The largest absolute Gasteiger partial charge is 0.389 e. The van der Waals surface area contributed by atoms with Crippen LogP contribution in [0.15, 0.2) is 84.9 Å². The van der Waals surface area contributed by atoms with Gasteiger partial charge >= 0.3 is 0 Å². The number of carbonyl (C=O) groups is 3. The lowest BCUT2D eigenvalue weighted by atomic mass is 9.61. The number of aliphatic hydroxyl groups is 1. The van der Waals surface area contributed by atoms with Gasteiger partial charge in [0.15, 0.2) is 0 Å². The van der Waals surface area contributed by atoms with Crippen LogP contribution in [0.4, 0.5) is 11.4 Å². The maximum atomic E-state index is 13.6. The van der Waals surface area contributed by atoms with Crippen LogP contribution in [0.2, 0.25) is 0 Å². The Hall–Kier alpha value is -3.77. The molecule has 1 aliphatic rings. The van der Waals surface area contributed by atoms with E-state index in [1.807, 2.05) is 43.3 Å². The van der Waals surface area contributed by atoms with Crippen molar-refractivity contribution in [3.05, 3.63) is 96.1 Å². The number of para-hydroxylation sites is 2. The molecule has 0 bridgehead atoms. The van der Waals surface area contributed by atoms with E-state index in [-0.39, 0.29) is 6.42 Å². The van der Waals surface area contributed by atoms with Crippen LogP contribution in [0.5, 0.6) is 0 Å². The van der Waals surface area contributed by atoms with E-state index in [0.717, 1.165) is 12.0 Å². The second-order valence-electron chi connectivity index (χ2n) is 9.29. The Morgan fingerprint density at radius 2 is 1.37 bits per heavy atom. The Bertz CT molecular complexity index is 1190. The Labute approximate surface area is 205 Å². The van der Waals surface area contributed by atoms with Gasteiger partial charge in [0.25, 0.3) is 0 Å². The van der Waals surface area contributed by atoms with E-state index in [9.17, 15) is 19.5 Å². The number of carbonyl (C=O) groups excluding carboxylic acids is 3. The summed E-state index contributed by atoms with van der Waals surface area (Å²) in [6.07, 6.45) is 0.535. The fourth-order valence-corrected chi connectivity index (χ4v) is 4.95. The fraction of sp³-hybridized carbons (Fsp3) is 0.276. The van der Waals surface area contributed by atoms with Crippen molar-refractivity contribution in [1.82, 2.24) is 0 Å². The molecule has 0 radical (unpaired) electrons. The average molecular weight is 471 g/mol. The summed E-state index contributed by atoms with van der Waals surface area (Å²) in [6.45, 7) is 3.54. The van der Waals surface area contributed by atoms with Crippen LogP contribution < -0.4 is 10.6 Å². The van der Waals surface area contributed by atoms with Gasteiger partial charge in [0.05, 0.1) is 11.5 Å². The van der Waals surface area contributed by atoms with Crippen molar-refractivity contribution in [2.45, 2.75) is 38.2 Å². The monoisotopic (exact) mass is 470 g/mol. The highest BCUT2D eigenvalue weighted by atomic mass is 16.3. The highest BCUT2D eigenvalue weighted by Crippen LogP contribution is 2.46. The van der Waals surface area contributed by atoms with Crippen molar-refractivity contribution in [3.8, 4) is 0 Å².